The van der Waals surface area contributed by atoms with E-state index in [1.54, 1.807) is 0 Å². The van der Waals surface area contributed by atoms with Crippen molar-refractivity contribution in [3.63, 3.8) is 0 Å². The second kappa shape index (κ2) is 12.5. The summed E-state index contributed by atoms with van der Waals surface area (Å²) in [6.07, 6.45) is -0.0938. The van der Waals surface area contributed by atoms with Gasteiger partial charge in [0.25, 0.3) is 0 Å². The lowest BCUT2D eigenvalue weighted by Crippen LogP contribution is -2.00. The quantitative estimate of drug-likeness (QED) is 0.169. The van der Waals surface area contributed by atoms with E-state index in [0.717, 1.165) is 66.4 Å². The van der Waals surface area contributed by atoms with E-state index in [4.69, 9.17) is 30.1 Å². The molecule has 0 aliphatic rings. The lowest BCUT2D eigenvalue weighted by molar-refractivity contribution is 0.602. The Hall–Kier alpha value is -7.71. The van der Waals surface area contributed by atoms with E-state index in [0.29, 0.717) is 40.0 Å². The largest absolute Gasteiger partial charge is 0.443 e. The van der Waals surface area contributed by atoms with Crippen molar-refractivity contribution in [1.29, 1.82) is 0 Å². The first kappa shape index (κ1) is 29.8. The highest BCUT2D eigenvalue weighted by atomic mass is 16.3. The predicted molar refractivity (Wildman–Crippen MR) is 216 cm³/mol. The van der Waals surface area contributed by atoms with Crippen molar-refractivity contribution in [2.24, 2.45) is 0 Å². The Morgan fingerprint density at radius 3 is 1.89 bits per heavy atom. The SMILES string of the molecule is [2H]c1nc2cc(-n3c4ccccc4c4cc(-c5cccc(-c6nc7ccc(-c8nc(-c9ccccc9)nc(-c9ccccc9)n8)cc7o6)c5)ccc43)ccc2o1. The van der Waals surface area contributed by atoms with Crippen molar-refractivity contribution in [1.82, 2.24) is 29.5 Å². The van der Waals surface area contributed by atoms with E-state index >= 15 is 0 Å². The van der Waals surface area contributed by atoms with E-state index in [1.807, 2.05) is 109 Å². The topological polar surface area (TPSA) is 95.7 Å². The summed E-state index contributed by atoms with van der Waals surface area (Å²) in [7, 11) is 0. The first-order valence-corrected chi connectivity index (χ1v) is 17.9. The molecule has 0 aliphatic heterocycles. The van der Waals surface area contributed by atoms with Crippen LogP contribution in [0.1, 0.15) is 1.37 Å². The molecule has 0 N–H and O–H groups in total. The van der Waals surface area contributed by atoms with Gasteiger partial charge in [0.05, 0.1) is 11.0 Å². The summed E-state index contributed by atoms with van der Waals surface area (Å²) in [5.74, 6) is 2.28. The van der Waals surface area contributed by atoms with Gasteiger partial charge in [0, 0.05) is 38.7 Å². The van der Waals surface area contributed by atoms with Gasteiger partial charge in [0.2, 0.25) is 5.89 Å². The highest BCUT2D eigenvalue weighted by Crippen LogP contribution is 2.37. The molecule has 0 saturated heterocycles. The first-order valence-electron chi connectivity index (χ1n) is 18.4. The van der Waals surface area contributed by atoms with Gasteiger partial charge in [0.1, 0.15) is 12.4 Å². The Labute approximate surface area is 315 Å². The molecule has 0 atom stereocenters. The maximum Gasteiger partial charge on any atom is 0.227 e. The van der Waals surface area contributed by atoms with Crippen LogP contribution in [0.3, 0.4) is 0 Å². The van der Waals surface area contributed by atoms with Gasteiger partial charge < -0.3 is 13.4 Å². The van der Waals surface area contributed by atoms with E-state index in [-0.39, 0.29) is 6.37 Å². The van der Waals surface area contributed by atoms with Crippen LogP contribution in [0.2, 0.25) is 0 Å². The summed E-state index contributed by atoms with van der Waals surface area (Å²) in [6, 6.07) is 54.8. The van der Waals surface area contributed by atoms with Crippen molar-refractivity contribution < 1.29 is 10.2 Å². The Balaban J connectivity index is 0.964. The predicted octanol–water partition coefficient (Wildman–Crippen LogP) is 11.6. The van der Waals surface area contributed by atoms with Gasteiger partial charge in [-0.15, -0.1) is 0 Å². The minimum Gasteiger partial charge on any atom is -0.443 e. The molecule has 11 aromatic rings. The van der Waals surface area contributed by atoms with Crippen LogP contribution >= 0.6 is 0 Å². The monoisotopic (exact) mass is 709 g/mol. The first-order chi connectivity index (χ1) is 27.6. The lowest BCUT2D eigenvalue weighted by atomic mass is 10.0. The fraction of sp³-hybridized carbons (Fsp3) is 0. The summed E-state index contributed by atoms with van der Waals surface area (Å²) in [6.45, 7) is 0. The van der Waals surface area contributed by atoms with Gasteiger partial charge in [0.15, 0.2) is 35.0 Å². The molecule has 0 aliphatic carbocycles. The normalized spacial score (nSPS) is 11.9. The molecule has 4 heterocycles. The van der Waals surface area contributed by atoms with Crippen molar-refractivity contribution in [3.05, 3.63) is 170 Å². The molecular weight excluding hydrogens is 681 g/mol. The van der Waals surface area contributed by atoms with Gasteiger partial charge in [-0.3, -0.25) is 0 Å². The Bertz CT molecular complexity index is 3220. The molecule has 258 valence electrons. The molecule has 11 rings (SSSR count). The average molecular weight is 710 g/mol. The van der Waals surface area contributed by atoms with Gasteiger partial charge in [-0.05, 0) is 77.9 Å². The number of hydrogen-bond donors (Lipinski definition) is 0. The molecule has 8 nitrogen and oxygen atoms in total. The summed E-state index contributed by atoms with van der Waals surface area (Å²) in [5.41, 5.74) is 11.4. The number of hydrogen-bond acceptors (Lipinski definition) is 7. The minimum absolute atomic E-state index is 0.0938. The van der Waals surface area contributed by atoms with Crippen molar-refractivity contribution in [3.8, 4) is 62.4 Å². The van der Waals surface area contributed by atoms with E-state index < -0.39 is 0 Å². The molecular formula is C47H28N6O2. The molecule has 0 amide bonds. The molecule has 0 saturated carbocycles. The van der Waals surface area contributed by atoms with Gasteiger partial charge in [-0.1, -0.05) is 97.1 Å². The van der Waals surface area contributed by atoms with Crippen LogP contribution in [0.4, 0.5) is 0 Å². The third-order valence-corrected chi connectivity index (χ3v) is 9.98. The summed E-state index contributed by atoms with van der Waals surface area (Å²) in [4.78, 5) is 23.7. The van der Waals surface area contributed by atoms with Crippen LogP contribution < -0.4 is 0 Å². The molecule has 0 spiro atoms. The van der Waals surface area contributed by atoms with Crippen molar-refractivity contribution in [2.75, 3.05) is 0 Å². The van der Waals surface area contributed by atoms with Gasteiger partial charge >= 0.3 is 0 Å². The maximum absolute atomic E-state index is 7.84. The fourth-order valence-corrected chi connectivity index (χ4v) is 7.33. The van der Waals surface area contributed by atoms with E-state index in [2.05, 4.69) is 64.1 Å². The van der Waals surface area contributed by atoms with Crippen LogP contribution in [-0.4, -0.2) is 29.5 Å². The molecule has 0 unspecified atom stereocenters. The number of fused-ring (bicyclic) bond motifs is 5. The number of para-hydroxylation sites is 1. The third-order valence-electron chi connectivity index (χ3n) is 9.98. The second-order valence-corrected chi connectivity index (χ2v) is 13.4. The van der Waals surface area contributed by atoms with Crippen LogP contribution in [-0.2, 0) is 0 Å². The number of aromatic nitrogens is 6. The smallest absolute Gasteiger partial charge is 0.227 e. The number of rotatable bonds is 6. The van der Waals surface area contributed by atoms with Crippen molar-refractivity contribution in [2.45, 2.75) is 0 Å². The molecule has 0 bridgehead atoms. The van der Waals surface area contributed by atoms with E-state index in [9.17, 15) is 0 Å². The molecule has 0 radical (unpaired) electrons. The van der Waals surface area contributed by atoms with Gasteiger partial charge in [-0.2, -0.15) is 0 Å². The standard InChI is InChI=1S/C47H28N6O2/c1-3-10-29(11-4-1)44-50-45(30-12-5-2-6-13-30)52-46(51-44)33-18-21-38-43(26-33)55-47(49-38)34-15-9-14-31(24-34)32-19-22-41-37(25-32)36-16-7-8-17-40(36)53(41)35-20-23-42-39(27-35)48-28-54-42/h1-28H/i28D. The third kappa shape index (κ3) is 5.35. The summed E-state index contributed by atoms with van der Waals surface area (Å²) in [5, 5.41) is 2.27. The lowest BCUT2D eigenvalue weighted by Gasteiger charge is -2.08. The highest BCUT2D eigenvalue weighted by Gasteiger charge is 2.17. The highest BCUT2D eigenvalue weighted by molar-refractivity contribution is 6.10. The number of oxazole rings is 2. The zero-order valence-electron chi connectivity index (χ0n) is 30.1. The van der Waals surface area contributed by atoms with Crippen LogP contribution in [0.15, 0.2) is 179 Å². The van der Waals surface area contributed by atoms with Gasteiger partial charge in [-0.25, -0.2) is 24.9 Å². The van der Waals surface area contributed by atoms with Crippen LogP contribution in [0.25, 0.3) is 106 Å². The fourth-order valence-electron chi connectivity index (χ4n) is 7.33. The zero-order valence-corrected chi connectivity index (χ0v) is 29.1. The Morgan fingerprint density at radius 2 is 1.09 bits per heavy atom. The second-order valence-electron chi connectivity index (χ2n) is 13.4. The molecule has 7 aromatic carbocycles. The molecule has 4 aromatic heterocycles. The van der Waals surface area contributed by atoms with Crippen LogP contribution in [0, 0.1) is 0 Å². The van der Waals surface area contributed by atoms with Crippen molar-refractivity contribution >= 4 is 44.0 Å². The Morgan fingerprint density at radius 1 is 0.436 bits per heavy atom. The molecule has 55 heavy (non-hydrogen) atoms. The summed E-state index contributed by atoms with van der Waals surface area (Å²) < 4.78 is 21.9. The molecule has 0 fully saturated rings. The molecule has 8 heteroatoms. The Kier molecular flexibility index (Phi) is 6.76. The number of nitrogens with zero attached hydrogens (tertiary/aromatic N) is 6. The maximum atomic E-state index is 7.84. The minimum atomic E-state index is -0.0938. The zero-order chi connectivity index (χ0) is 37.2. The number of benzene rings is 7. The average Bonchev–Trinajstić information content (AvgIpc) is 3.96. The van der Waals surface area contributed by atoms with E-state index in [1.165, 1.54) is 0 Å². The summed E-state index contributed by atoms with van der Waals surface area (Å²) >= 11 is 0. The van der Waals surface area contributed by atoms with Crippen LogP contribution in [0.5, 0.6) is 0 Å².